The smallest absolute Gasteiger partial charge is 0.319 e. The highest BCUT2D eigenvalue weighted by atomic mass is 35.5. The van der Waals surface area contributed by atoms with E-state index in [4.69, 9.17) is 21.3 Å². The van der Waals surface area contributed by atoms with Gasteiger partial charge >= 0.3 is 6.01 Å². The van der Waals surface area contributed by atoms with Crippen LogP contribution >= 0.6 is 11.6 Å². The molecule has 37 heavy (non-hydrogen) atoms. The third-order valence-corrected chi connectivity index (χ3v) is 7.40. The van der Waals surface area contributed by atoms with E-state index in [0.29, 0.717) is 47.0 Å². The molecule has 3 aliphatic rings. The summed E-state index contributed by atoms with van der Waals surface area (Å²) in [6, 6.07) is 14.1. The standard InChI is InChI=1S/C27H23ClFN7O/c28-21-7-2-5-16-4-1-6-19(22(16)21)24-23(29)25-20(13-30-24)26(35-14-17-12-18(15-35)32-17)34-27(33-25)37-11-10-36-9-3-8-31-36/h1-9,13,17-18,32H,10-12,14-15H2. The summed E-state index contributed by atoms with van der Waals surface area (Å²) < 4.78 is 24.0. The summed E-state index contributed by atoms with van der Waals surface area (Å²) in [6.45, 7) is 2.41. The number of pyridine rings is 1. The van der Waals surface area contributed by atoms with Crippen LogP contribution < -0.4 is 15.0 Å². The van der Waals surface area contributed by atoms with Crippen molar-refractivity contribution in [1.82, 2.24) is 30.0 Å². The Morgan fingerprint density at radius 1 is 1.08 bits per heavy atom. The van der Waals surface area contributed by atoms with Gasteiger partial charge in [0.2, 0.25) is 0 Å². The minimum absolute atomic E-state index is 0.133. The molecule has 10 heteroatoms. The molecule has 3 aromatic heterocycles. The van der Waals surface area contributed by atoms with Gasteiger partial charge in [0.05, 0.1) is 11.9 Å². The second kappa shape index (κ2) is 8.93. The minimum atomic E-state index is -0.522. The topological polar surface area (TPSA) is 81.0 Å². The fourth-order valence-corrected chi connectivity index (χ4v) is 5.64. The summed E-state index contributed by atoms with van der Waals surface area (Å²) in [5.41, 5.74) is 0.995. The first kappa shape index (κ1) is 22.4. The van der Waals surface area contributed by atoms with Gasteiger partial charge in [0.15, 0.2) is 5.82 Å². The number of nitrogens with one attached hydrogen (secondary N) is 1. The van der Waals surface area contributed by atoms with Crippen LogP contribution in [0.3, 0.4) is 0 Å². The van der Waals surface area contributed by atoms with Gasteiger partial charge in [-0.05, 0) is 23.9 Å². The Hall–Kier alpha value is -3.82. The monoisotopic (exact) mass is 515 g/mol. The number of hydrogen-bond donors (Lipinski definition) is 1. The number of piperazine rings is 1. The zero-order valence-corrected chi connectivity index (χ0v) is 20.6. The lowest BCUT2D eigenvalue weighted by Crippen LogP contribution is -2.67. The fourth-order valence-electron chi connectivity index (χ4n) is 5.36. The molecule has 2 aromatic carbocycles. The van der Waals surface area contributed by atoms with Gasteiger partial charge in [-0.15, -0.1) is 0 Å². The van der Waals surface area contributed by atoms with E-state index in [1.807, 2.05) is 42.6 Å². The zero-order chi connectivity index (χ0) is 24.9. The average Bonchev–Trinajstić information content (AvgIpc) is 3.42. The number of aromatic nitrogens is 5. The summed E-state index contributed by atoms with van der Waals surface area (Å²) in [6.07, 6.45) is 6.38. The number of rotatable bonds is 6. The van der Waals surface area contributed by atoms with E-state index in [9.17, 15) is 0 Å². The normalized spacial score (nSPS) is 18.8. The Morgan fingerprint density at radius 3 is 2.68 bits per heavy atom. The molecule has 3 aliphatic heterocycles. The Bertz CT molecular complexity index is 1610. The van der Waals surface area contributed by atoms with Crippen molar-refractivity contribution in [2.75, 3.05) is 24.6 Å². The number of piperidine rings is 1. The van der Waals surface area contributed by atoms with E-state index in [2.05, 4.69) is 25.3 Å². The molecule has 3 fully saturated rings. The predicted octanol–water partition coefficient (Wildman–Crippen LogP) is 4.46. The average molecular weight is 516 g/mol. The number of benzene rings is 2. The first-order valence-corrected chi connectivity index (χ1v) is 12.7. The Kier molecular flexibility index (Phi) is 5.40. The first-order valence-electron chi connectivity index (χ1n) is 12.3. The first-order chi connectivity index (χ1) is 18.1. The molecular formula is C27H23ClFN7O. The lowest BCUT2D eigenvalue weighted by Gasteiger charge is -2.48. The van der Waals surface area contributed by atoms with Crippen molar-refractivity contribution < 1.29 is 9.13 Å². The third kappa shape index (κ3) is 3.95. The summed E-state index contributed by atoms with van der Waals surface area (Å²) in [7, 11) is 0. The lowest BCUT2D eigenvalue weighted by atomic mass is 9.91. The largest absolute Gasteiger partial charge is 0.461 e. The molecule has 0 aliphatic carbocycles. The maximum absolute atomic E-state index is 16.3. The van der Waals surface area contributed by atoms with Crippen molar-refractivity contribution in [3.05, 3.63) is 71.9 Å². The number of fused-ring (bicyclic) bond motifs is 4. The van der Waals surface area contributed by atoms with Crippen LogP contribution in [0.5, 0.6) is 6.01 Å². The molecule has 0 radical (unpaired) electrons. The summed E-state index contributed by atoms with van der Waals surface area (Å²) >= 11 is 6.54. The zero-order valence-electron chi connectivity index (χ0n) is 19.8. The van der Waals surface area contributed by atoms with Crippen LogP contribution in [0.25, 0.3) is 32.9 Å². The maximum Gasteiger partial charge on any atom is 0.319 e. The van der Waals surface area contributed by atoms with E-state index < -0.39 is 5.82 Å². The number of ether oxygens (including phenoxy) is 1. The highest BCUT2D eigenvalue weighted by molar-refractivity contribution is 6.36. The molecule has 5 aromatic rings. The Labute approximate surface area is 217 Å². The molecule has 0 spiro atoms. The highest BCUT2D eigenvalue weighted by Crippen LogP contribution is 2.38. The van der Waals surface area contributed by atoms with E-state index in [-0.39, 0.29) is 17.2 Å². The van der Waals surface area contributed by atoms with Crippen LogP contribution in [0.15, 0.2) is 61.1 Å². The molecule has 2 unspecified atom stereocenters. The second-order valence-corrected chi connectivity index (χ2v) is 9.88. The predicted molar refractivity (Wildman–Crippen MR) is 141 cm³/mol. The van der Waals surface area contributed by atoms with Gasteiger partial charge in [-0.2, -0.15) is 15.1 Å². The Balaban J connectivity index is 1.34. The van der Waals surface area contributed by atoms with E-state index in [1.165, 1.54) is 0 Å². The van der Waals surface area contributed by atoms with Gasteiger partial charge in [-0.3, -0.25) is 9.67 Å². The molecule has 8 rings (SSSR count). The molecule has 6 heterocycles. The van der Waals surface area contributed by atoms with Crippen molar-refractivity contribution in [3.63, 3.8) is 0 Å². The van der Waals surface area contributed by atoms with Gasteiger partial charge in [0.1, 0.15) is 23.6 Å². The van der Waals surface area contributed by atoms with Crippen LogP contribution in [-0.4, -0.2) is 56.5 Å². The van der Waals surface area contributed by atoms with Crippen molar-refractivity contribution in [2.45, 2.75) is 25.0 Å². The fraction of sp³-hybridized carbons (Fsp3) is 0.259. The molecule has 2 atom stereocenters. The van der Waals surface area contributed by atoms with Crippen LogP contribution in [0, 0.1) is 5.82 Å². The van der Waals surface area contributed by atoms with Gasteiger partial charge in [0, 0.05) is 59.7 Å². The molecule has 0 amide bonds. The molecule has 186 valence electrons. The van der Waals surface area contributed by atoms with Crippen molar-refractivity contribution >= 4 is 39.1 Å². The van der Waals surface area contributed by atoms with Gasteiger partial charge in [-0.25, -0.2) is 4.39 Å². The van der Waals surface area contributed by atoms with Crippen LogP contribution in [0.2, 0.25) is 5.02 Å². The molecule has 3 saturated heterocycles. The van der Waals surface area contributed by atoms with Gasteiger partial charge in [0.25, 0.3) is 0 Å². The van der Waals surface area contributed by atoms with E-state index >= 15 is 4.39 Å². The van der Waals surface area contributed by atoms with Gasteiger partial charge in [-0.1, -0.05) is 41.9 Å². The van der Waals surface area contributed by atoms with Crippen molar-refractivity contribution in [2.24, 2.45) is 0 Å². The Morgan fingerprint density at radius 2 is 1.89 bits per heavy atom. The number of halogens is 2. The molecule has 1 N–H and O–H groups in total. The highest BCUT2D eigenvalue weighted by Gasteiger charge is 2.38. The molecular weight excluding hydrogens is 493 g/mol. The summed E-state index contributed by atoms with van der Waals surface area (Å²) in [5, 5.41) is 10.5. The van der Waals surface area contributed by atoms with E-state index in [0.717, 1.165) is 30.3 Å². The molecule has 8 nitrogen and oxygen atoms in total. The number of hydrogen-bond acceptors (Lipinski definition) is 7. The lowest BCUT2D eigenvalue weighted by molar-refractivity contribution is 0.224. The number of anilines is 1. The van der Waals surface area contributed by atoms with Crippen LogP contribution in [0.1, 0.15) is 6.42 Å². The molecule has 2 bridgehead atoms. The summed E-state index contributed by atoms with van der Waals surface area (Å²) in [4.78, 5) is 16.0. The van der Waals surface area contributed by atoms with Gasteiger partial charge < -0.3 is 15.0 Å². The SMILES string of the molecule is Fc1c(-c2cccc3cccc(Cl)c23)ncc2c(N3CC4CC(C3)N4)nc(OCCn3cccn3)nc12. The quantitative estimate of drug-likeness (QED) is 0.357. The summed E-state index contributed by atoms with van der Waals surface area (Å²) in [5.74, 6) is 0.120. The van der Waals surface area contributed by atoms with Crippen LogP contribution in [0.4, 0.5) is 10.2 Å². The minimum Gasteiger partial charge on any atom is -0.461 e. The van der Waals surface area contributed by atoms with Crippen molar-refractivity contribution in [1.29, 1.82) is 0 Å². The van der Waals surface area contributed by atoms with Crippen LogP contribution in [-0.2, 0) is 6.54 Å². The third-order valence-electron chi connectivity index (χ3n) is 7.08. The number of nitrogens with zero attached hydrogens (tertiary/aromatic N) is 6. The van der Waals surface area contributed by atoms with Crippen molar-refractivity contribution in [3.8, 4) is 17.3 Å². The maximum atomic E-state index is 16.3. The molecule has 0 saturated carbocycles. The van der Waals surface area contributed by atoms with E-state index in [1.54, 1.807) is 23.1 Å². The second-order valence-electron chi connectivity index (χ2n) is 9.48.